The summed E-state index contributed by atoms with van der Waals surface area (Å²) in [6, 6.07) is 10.3. The van der Waals surface area contributed by atoms with Gasteiger partial charge in [0.25, 0.3) is 5.91 Å². The van der Waals surface area contributed by atoms with Gasteiger partial charge in [-0.25, -0.2) is 4.98 Å². The van der Waals surface area contributed by atoms with Crippen molar-refractivity contribution in [1.29, 1.82) is 0 Å². The molecule has 0 bridgehead atoms. The van der Waals surface area contributed by atoms with E-state index in [-0.39, 0.29) is 37.1 Å². The van der Waals surface area contributed by atoms with E-state index in [1.165, 1.54) is 12.3 Å². The lowest BCUT2D eigenvalue weighted by Crippen LogP contribution is -2.41. The minimum absolute atomic E-state index is 0.125. The van der Waals surface area contributed by atoms with Crippen LogP contribution in [0, 0.1) is 0 Å². The molecule has 4 rings (SSSR count). The van der Waals surface area contributed by atoms with E-state index in [1.54, 1.807) is 24.3 Å². The molecule has 204 valence electrons. The van der Waals surface area contributed by atoms with Crippen LogP contribution in [0.1, 0.15) is 33.1 Å². The fourth-order valence-corrected chi connectivity index (χ4v) is 4.49. The lowest BCUT2D eigenvalue weighted by molar-refractivity contribution is -0.137. The molecule has 1 saturated heterocycles. The van der Waals surface area contributed by atoms with Crippen molar-refractivity contribution in [3.63, 3.8) is 0 Å². The van der Waals surface area contributed by atoms with Crippen LogP contribution >= 0.6 is 23.2 Å². The van der Waals surface area contributed by atoms with Crippen LogP contribution in [-0.2, 0) is 30.5 Å². The zero-order chi connectivity index (χ0) is 27.1. The van der Waals surface area contributed by atoms with Crippen molar-refractivity contribution >= 4 is 29.1 Å². The average molecular weight is 571 g/mol. The van der Waals surface area contributed by atoms with Gasteiger partial charge < -0.3 is 14.5 Å². The fourth-order valence-electron chi connectivity index (χ4n) is 4.11. The molecule has 7 nitrogen and oxygen atoms in total. The Labute approximate surface area is 228 Å². The van der Waals surface area contributed by atoms with Gasteiger partial charge in [0.05, 0.1) is 35.4 Å². The van der Waals surface area contributed by atoms with Crippen LogP contribution in [0.15, 0.2) is 53.1 Å². The van der Waals surface area contributed by atoms with Crippen LogP contribution in [0.5, 0.6) is 0 Å². The monoisotopic (exact) mass is 570 g/mol. The molecule has 2 heterocycles. The summed E-state index contributed by atoms with van der Waals surface area (Å²) in [7, 11) is 0. The molecule has 0 radical (unpaired) electrons. The van der Waals surface area contributed by atoms with Crippen molar-refractivity contribution < 1.29 is 27.1 Å². The SMILES string of the molecule is O=C(NCCN1CCOCC1)c1coc(CN(Cc2cccc(C(F)(F)F)c2)Cc2cccc(Cl)c2Cl)n1. The molecule has 1 aliphatic heterocycles. The molecule has 2 aromatic carbocycles. The highest BCUT2D eigenvalue weighted by atomic mass is 35.5. The van der Waals surface area contributed by atoms with E-state index in [4.69, 9.17) is 32.4 Å². The Morgan fingerprint density at radius 2 is 1.84 bits per heavy atom. The predicted molar refractivity (Wildman–Crippen MR) is 137 cm³/mol. The fraction of sp³-hybridized carbons (Fsp3) is 0.385. The number of alkyl halides is 3. The number of ether oxygens (including phenoxy) is 1. The van der Waals surface area contributed by atoms with Crippen LogP contribution < -0.4 is 5.32 Å². The molecule has 0 atom stereocenters. The number of carbonyl (C=O) groups is 1. The Kier molecular flexibility index (Phi) is 9.67. The van der Waals surface area contributed by atoms with Gasteiger partial charge in [-0.3, -0.25) is 14.6 Å². The molecule has 1 amide bonds. The zero-order valence-corrected chi connectivity index (χ0v) is 22.0. The van der Waals surface area contributed by atoms with Gasteiger partial charge in [-0.15, -0.1) is 0 Å². The Morgan fingerprint density at radius 3 is 2.61 bits per heavy atom. The van der Waals surface area contributed by atoms with Crippen LogP contribution in [0.2, 0.25) is 10.0 Å². The molecule has 12 heteroatoms. The van der Waals surface area contributed by atoms with E-state index in [0.717, 1.165) is 25.2 Å². The van der Waals surface area contributed by atoms with Gasteiger partial charge in [0.15, 0.2) is 5.69 Å². The summed E-state index contributed by atoms with van der Waals surface area (Å²) in [6.07, 6.45) is -3.18. The molecule has 1 fully saturated rings. The molecule has 38 heavy (non-hydrogen) atoms. The Morgan fingerprint density at radius 1 is 1.08 bits per heavy atom. The number of nitrogens with one attached hydrogen (secondary N) is 1. The van der Waals surface area contributed by atoms with Gasteiger partial charge in [0.2, 0.25) is 5.89 Å². The largest absolute Gasteiger partial charge is 0.447 e. The van der Waals surface area contributed by atoms with Crippen molar-refractivity contribution in [2.75, 3.05) is 39.4 Å². The lowest BCUT2D eigenvalue weighted by atomic mass is 10.1. The highest BCUT2D eigenvalue weighted by Gasteiger charge is 2.30. The van der Waals surface area contributed by atoms with E-state index in [9.17, 15) is 18.0 Å². The Balaban J connectivity index is 1.44. The van der Waals surface area contributed by atoms with Crippen molar-refractivity contribution in [3.05, 3.63) is 87.0 Å². The van der Waals surface area contributed by atoms with Crippen LogP contribution in [-0.4, -0.2) is 60.1 Å². The van der Waals surface area contributed by atoms with Crippen molar-refractivity contribution in [2.45, 2.75) is 25.8 Å². The Hall–Kier alpha value is -2.63. The van der Waals surface area contributed by atoms with Crippen LogP contribution in [0.25, 0.3) is 0 Å². The van der Waals surface area contributed by atoms with Gasteiger partial charge in [-0.05, 0) is 23.3 Å². The smallest absolute Gasteiger partial charge is 0.416 e. The summed E-state index contributed by atoms with van der Waals surface area (Å²) in [5.41, 5.74) is 0.536. The first-order valence-electron chi connectivity index (χ1n) is 12.0. The summed E-state index contributed by atoms with van der Waals surface area (Å²) in [4.78, 5) is 20.9. The Bertz CT molecular complexity index is 1230. The van der Waals surface area contributed by atoms with Gasteiger partial charge in [0.1, 0.15) is 6.26 Å². The van der Waals surface area contributed by atoms with E-state index >= 15 is 0 Å². The second-order valence-corrected chi connectivity index (χ2v) is 9.68. The molecule has 1 N–H and O–H groups in total. The summed E-state index contributed by atoms with van der Waals surface area (Å²) >= 11 is 12.5. The van der Waals surface area contributed by atoms with Gasteiger partial charge >= 0.3 is 6.18 Å². The molecule has 1 aromatic heterocycles. The molecular formula is C26H27Cl2F3N4O3. The maximum absolute atomic E-state index is 13.3. The number of nitrogens with zero attached hydrogens (tertiary/aromatic N) is 3. The number of amides is 1. The minimum atomic E-state index is -4.45. The lowest BCUT2D eigenvalue weighted by Gasteiger charge is -2.26. The standard InChI is InChI=1S/C26H27Cl2F3N4O3/c27-21-6-2-4-19(24(21)28)15-35(14-18-3-1-5-20(13-18)26(29,30)31)16-23-33-22(17-38-23)25(36)32-7-8-34-9-11-37-12-10-34/h1-6,13,17H,7-12,14-16H2,(H,32,36). The number of morpholine rings is 1. The number of oxazole rings is 1. The number of aromatic nitrogens is 1. The minimum Gasteiger partial charge on any atom is -0.447 e. The summed E-state index contributed by atoms with van der Waals surface area (Å²) in [6.45, 7) is 4.69. The number of hydrogen-bond acceptors (Lipinski definition) is 6. The number of hydrogen-bond donors (Lipinski definition) is 1. The first-order valence-corrected chi connectivity index (χ1v) is 12.8. The maximum atomic E-state index is 13.3. The highest BCUT2D eigenvalue weighted by molar-refractivity contribution is 6.42. The van der Waals surface area contributed by atoms with Crippen molar-refractivity contribution in [2.24, 2.45) is 0 Å². The second kappa shape index (κ2) is 12.9. The molecule has 0 saturated carbocycles. The molecular weight excluding hydrogens is 544 g/mol. The molecule has 0 unspecified atom stereocenters. The van der Waals surface area contributed by atoms with Crippen LogP contribution in [0.3, 0.4) is 0 Å². The molecule has 0 aliphatic carbocycles. The number of carbonyl (C=O) groups excluding carboxylic acids is 1. The summed E-state index contributed by atoms with van der Waals surface area (Å²) < 4.78 is 50.6. The third kappa shape index (κ3) is 7.94. The molecule has 1 aliphatic rings. The van der Waals surface area contributed by atoms with Gasteiger partial charge in [-0.1, -0.05) is 53.5 Å². The van der Waals surface area contributed by atoms with E-state index < -0.39 is 11.7 Å². The number of rotatable bonds is 10. The van der Waals surface area contributed by atoms with E-state index in [0.29, 0.717) is 47.5 Å². The van der Waals surface area contributed by atoms with Gasteiger partial charge in [0, 0.05) is 39.3 Å². The first-order chi connectivity index (χ1) is 18.2. The molecule has 3 aromatic rings. The third-order valence-electron chi connectivity index (χ3n) is 6.05. The molecule has 0 spiro atoms. The topological polar surface area (TPSA) is 70.8 Å². The van der Waals surface area contributed by atoms with E-state index in [1.807, 2.05) is 4.90 Å². The summed E-state index contributed by atoms with van der Waals surface area (Å²) in [5, 5.41) is 3.56. The van der Waals surface area contributed by atoms with Gasteiger partial charge in [-0.2, -0.15) is 13.2 Å². The number of halogens is 5. The predicted octanol–water partition coefficient (Wildman–Crippen LogP) is 5.26. The average Bonchev–Trinajstić information content (AvgIpc) is 3.36. The quantitative estimate of drug-likeness (QED) is 0.358. The zero-order valence-electron chi connectivity index (χ0n) is 20.4. The highest BCUT2D eigenvalue weighted by Crippen LogP contribution is 2.31. The normalized spacial score (nSPS) is 14.7. The van der Waals surface area contributed by atoms with Crippen molar-refractivity contribution in [1.82, 2.24) is 20.1 Å². The van der Waals surface area contributed by atoms with E-state index in [2.05, 4.69) is 15.2 Å². The summed E-state index contributed by atoms with van der Waals surface area (Å²) in [5.74, 6) is -0.121. The third-order valence-corrected chi connectivity index (χ3v) is 6.90. The number of benzene rings is 2. The van der Waals surface area contributed by atoms with Crippen molar-refractivity contribution in [3.8, 4) is 0 Å². The second-order valence-electron chi connectivity index (χ2n) is 8.89. The first kappa shape index (κ1) is 28.4. The van der Waals surface area contributed by atoms with Crippen LogP contribution in [0.4, 0.5) is 13.2 Å². The maximum Gasteiger partial charge on any atom is 0.416 e.